The zero-order chi connectivity index (χ0) is 44.2. The highest BCUT2D eigenvalue weighted by Gasteiger charge is 2.40. The van der Waals surface area contributed by atoms with E-state index in [2.05, 4.69) is 173 Å². The molecule has 4 aromatic rings. The molecule has 2 aliphatic carbocycles. The Morgan fingerprint density at radius 1 is 0.607 bits per heavy atom. The Morgan fingerprint density at radius 2 is 1.07 bits per heavy atom. The zero-order valence-electron chi connectivity index (χ0n) is 39.2. The number of hydrogen-bond acceptors (Lipinski definition) is 6. The maximum atomic E-state index is 5.65. The number of ether oxygens (including phenoxy) is 2. The predicted octanol–water partition coefficient (Wildman–Crippen LogP) is 13.7. The molecule has 0 unspecified atom stereocenters. The largest absolute Gasteiger partial charge is 0.380 e. The van der Waals surface area contributed by atoms with Crippen LogP contribution < -0.4 is 0 Å². The Bertz CT molecular complexity index is 1990. The van der Waals surface area contributed by atoms with Crippen molar-refractivity contribution in [3.8, 4) is 0 Å². The second-order valence-electron chi connectivity index (χ2n) is 21.5. The van der Waals surface area contributed by atoms with Crippen molar-refractivity contribution in [2.24, 2.45) is 0 Å². The average Bonchev–Trinajstić information content (AvgIpc) is 3.53. The van der Waals surface area contributed by atoms with E-state index in [0.717, 1.165) is 57.2 Å². The van der Waals surface area contributed by atoms with Crippen molar-refractivity contribution in [3.63, 3.8) is 0 Å². The first-order valence-electron chi connectivity index (χ1n) is 23.4. The molecule has 0 amide bonds. The molecule has 2 aliphatic heterocycles. The average molecular weight is 1070 g/mol. The summed E-state index contributed by atoms with van der Waals surface area (Å²) in [6.07, 6.45) is 21.6. The summed E-state index contributed by atoms with van der Waals surface area (Å²) < 4.78 is 17.5. The number of aromatic nitrogens is 4. The SMILES string of the molecule is BrBr.CC(C)(C)[Si](C)(C)n1cc(Br)c2cc(C3CCC(N4CCCOCC4)CC3)cnc21.CC(C)(C)[Si](C)(C)n1ccc2cc(C3CCC(N4CCCOCC4)CC3)cnc21. The molecule has 340 valence electrons. The van der Waals surface area contributed by atoms with Crippen LogP contribution in [0.25, 0.3) is 22.1 Å². The highest BCUT2D eigenvalue weighted by atomic mass is 80.9. The Kier molecular flexibility index (Phi) is 17.2. The van der Waals surface area contributed by atoms with Crippen molar-refractivity contribution >= 4 is 82.7 Å². The molecule has 2 saturated carbocycles. The lowest BCUT2D eigenvalue weighted by Crippen LogP contribution is -2.45. The third-order valence-corrected chi connectivity index (χ3v) is 27.0. The van der Waals surface area contributed by atoms with Gasteiger partial charge in [0.2, 0.25) is 0 Å². The van der Waals surface area contributed by atoms with Crippen molar-refractivity contribution in [1.29, 1.82) is 0 Å². The molecule has 61 heavy (non-hydrogen) atoms. The van der Waals surface area contributed by atoms with Crippen molar-refractivity contribution in [3.05, 3.63) is 58.6 Å². The molecule has 0 aromatic carbocycles. The van der Waals surface area contributed by atoms with Crippen LogP contribution in [0.4, 0.5) is 0 Å². The number of nitrogens with zero attached hydrogens (tertiary/aromatic N) is 6. The summed E-state index contributed by atoms with van der Waals surface area (Å²) in [5.41, 5.74) is 5.20. The van der Waals surface area contributed by atoms with Gasteiger partial charge in [0.1, 0.15) is 11.3 Å². The van der Waals surface area contributed by atoms with E-state index in [9.17, 15) is 0 Å². The molecule has 0 atom stereocenters. The van der Waals surface area contributed by atoms with Crippen LogP contribution >= 0.6 is 44.2 Å². The molecule has 0 bridgehead atoms. The van der Waals surface area contributed by atoms with Crippen LogP contribution in [0, 0.1) is 0 Å². The van der Waals surface area contributed by atoms with Gasteiger partial charge >= 0.3 is 0 Å². The Balaban J connectivity index is 0.000000196. The van der Waals surface area contributed by atoms with Crippen molar-refractivity contribution in [2.75, 3.05) is 52.6 Å². The minimum Gasteiger partial charge on any atom is -0.380 e. The summed E-state index contributed by atoms with van der Waals surface area (Å²) in [5, 5.41) is 3.18. The fourth-order valence-electron chi connectivity index (χ4n) is 9.98. The van der Waals surface area contributed by atoms with Crippen molar-refractivity contribution in [2.45, 2.75) is 166 Å². The zero-order valence-corrected chi connectivity index (χ0v) is 46.0. The molecule has 0 spiro atoms. The van der Waals surface area contributed by atoms with Gasteiger partial charge < -0.3 is 17.9 Å². The minimum atomic E-state index is -1.71. The van der Waals surface area contributed by atoms with E-state index in [1.165, 1.54) is 109 Å². The monoisotopic (exact) mass is 1060 g/mol. The molecule has 4 aromatic heterocycles. The van der Waals surface area contributed by atoms with Gasteiger partial charge in [0, 0.05) is 114 Å². The lowest BCUT2D eigenvalue weighted by molar-refractivity contribution is 0.118. The lowest BCUT2D eigenvalue weighted by Gasteiger charge is -2.38. The summed E-state index contributed by atoms with van der Waals surface area (Å²) in [6, 6.07) is 8.63. The topological polar surface area (TPSA) is 60.6 Å². The number of rotatable bonds is 6. The third-order valence-electron chi connectivity index (χ3n) is 15.9. The number of halogens is 3. The lowest BCUT2D eigenvalue weighted by atomic mass is 9.81. The molecule has 0 radical (unpaired) electrons. The van der Waals surface area contributed by atoms with Gasteiger partial charge in [-0.3, -0.25) is 9.80 Å². The molecular weight excluding hydrogens is 988 g/mol. The van der Waals surface area contributed by atoms with Gasteiger partial charge in [0.25, 0.3) is 0 Å². The molecule has 0 N–H and O–H groups in total. The predicted molar refractivity (Wildman–Crippen MR) is 274 cm³/mol. The van der Waals surface area contributed by atoms with Crippen molar-refractivity contribution < 1.29 is 9.47 Å². The minimum absolute atomic E-state index is 0.273. The molecule has 8 rings (SSSR count). The van der Waals surface area contributed by atoms with E-state index in [-0.39, 0.29) is 5.04 Å². The first-order chi connectivity index (χ1) is 29.0. The first-order valence-corrected chi connectivity index (χ1v) is 33.8. The van der Waals surface area contributed by atoms with Gasteiger partial charge in [0.05, 0.1) is 13.2 Å². The number of fused-ring (bicyclic) bond motifs is 2. The summed E-state index contributed by atoms with van der Waals surface area (Å²) in [4.78, 5) is 15.4. The summed E-state index contributed by atoms with van der Waals surface area (Å²) in [7, 11) is -3.35. The van der Waals surface area contributed by atoms with E-state index in [4.69, 9.17) is 19.4 Å². The summed E-state index contributed by atoms with van der Waals surface area (Å²) in [6.45, 7) is 32.3. The Hall–Kier alpha value is -0.906. The smallest absolute Gasteiger partial charge is 0.163 e. The van der Waals surface area contributed by atoms with E-state index in [1.807, 2.05) is 0 Å². The highest BCUT2D eigenvalue weighted by Crippen LogP contribution is 2.43. The van der Waals surface area contributed by atoms with Gasteiger partial charge in [-0.1, -0.05) is 67.7 Å². The highest BCUT2D eigenvalue weighted by molar-refractivity contribution is 9.93. The van der Waals surface area contributed by atoms with Crippen molar-refractivity contribution in [1.82, 2.24) is 28.2 Å². The molecule has 8 nitrogen and oxygen atoms in total. The van der Waals surface area contributed by atoms with Crippen LogP contribution in [0.3, 0.4) is 0 Å². The Morgan fingerprint density at radius 3 is 1.56 bits per heavy atom. The second-order valence-corrected chi connectivity index (χ2v) is 32.5. The Labute approximate surface area is 394 Å². The van der Waals surface area contributed by atoms with Gasteiger partial charge in [-0.05, 0) is 138 Å². The van der Waals surface area contributed by atoms with Gasteiger partial charge in [-0.25, -0.2) is 9.97 Å². The maximum absolute atomic E-state index is 5.65. The maximum Gasteiger partial charge on any atom is 0.163 e. The third kappa shape index (κ3) is 11.4. The van der Waals surface area contributed by atoms with E-state index in [1.54, 1.807) is 0 Å². The van der Waals surface area contributed by atoms with Crippen LogP contribution in [0.15, 0.2) is 47.5 Å². The first kappa shape index (κ1) is 49.5. The van der Waals surface area contributed by atoms with E-state index >= 15 is 0 Å². The van der Waals surface area contributed by atoms with Crippen LogP contribution in [0.1, 0.15) is 129 Å². The van der Waals surface area contributed by atoms with Gasteiger partial charge in [-0.15, -0.1) is 0 Å². The molecule has 6 heterocycles. The van der Waals surface area contributed by atoms with Gasteiger partial charge in [-0.2, -0.15) is 0 Å². The van der Waals surface area contributed by atoms with Crippen LogP contribution in [-0.2, 0) is 9.47 Å². The molecular formula is C48H77Br3N6O2Si2. The molecule has 4 fully saturated rings. The summed E-state index contributed by atoms with van der Waals surface area (Å²) >= 11 is 9.35. The van der Waals surface area contributed by atoms with E-state index < -0.39 is 16.5 Å². The van der Waals surface area contributed by atoms with Gasteiger partial charge in [0.15, 0.2) is 16.5 Å². The van der Waals surface area contributed by atoms with Crippen LogP contribution in [0.2, 0.25) is 36.3 Å². The number of hydrogen-bond donors (Lipinski definition) is 0. The van der Waals surface area contributed by atoms with E-state index in [0.29, 0.717) is 16.9 Å². The fourth-order valence-corrected chi connectivity index (χ4v) is 14.4. The molecule has 4 aliphatic rings. The quantitative estimate of drug-likeness (QED) is 0.179. The second kappa shape index (κ2) is 21.2. The van der Waals surface area contributed by atoms with Crippen LogP contribution in [0.5, 0.6) is 0 Å². The molecule has 2 saturated heterocycles. The van der Waals surface area contributed by atoms with Crippen LogP contribution in [-0.4, -0.2) is 109 Å². The normalized spacial score (nSPS) is 24.3. The number of pyridine rings is 2. The molecule has 13 heteroatoms. The summed E-state index contributed by atoms with van der Waals surface area (Å²) in [5.74, 6) is 1.31. The fraction of sp³-hybridized carbons (Fsp3) is 0.708. The standard InChI is InChI=1S/C24H38BrN3OSi.C24H39N3OSi.Br2/c1-24(2,3)30(4,5)28-17-22(25)21-15-19(16-26-23(21)28)18-7-9-20(10-8-18)27-11-6-13-29-14-12-27;1-24(2,3)29(4,5)27-13-11-20-17-21(18-25-23(20)27)19-7-9-22(10-8-19)26-12-6-15-28-16-14-26;1-2/h15-18,20H,6-14H2,1-5H3;11,13,17-19,22H,6-10,12,14-16H2,1-5H3;.